The zero-order valence-corrected chi connectivity index (χ0v) is 9.61. The molecule has 0 saturated carbocycles. The Morgan fingerprint density at radius 1 is 1.75 bits per heavy atom. The maximum Gasteiger partial charge on any atom is 0.230 e. The first-order valence-corrected chi connectivity index (χ1v) is 6.05. The van der Waals surface area contributed by atoms with Gasteiger partial charge in [0.25, 0.3) is 0 Å². The lowest BCUT2D eigenvalue weighted by molar-refractivity contribution is -0.119. The van der Waals surface area contributed by atoms with Gasteiger partial charge in [-0.3, -0.25) is 4.79 Å². The minimum atomic E-state index is -0.0463. The molecule has 0 aliphatic rings. The van der Waals surface area contributed by atoms with Crippen LogP contribution in [0.15, 0.2) is 0 Å². The monoisotopic (exact) mass is 255 g/mol. The summed E-state index contributed by atoms with van der Waals surface area (Å²) in [5.41, 5.74) is 0. The quantitative estimate of drug-likeness (QED) is 0.708. The fourth-order valence-electron chi connectivity index (χ4n) is 0.822. The number of hydrogen-bond acceptors (Lipinski definition) is 3. The molecule has 72 valence electrons. The number of nitrogens with one attached hydrogen (secondary N) is 1. The SMILES string of the molecule is CSC(CO)C(C)NC(=O)CBr. The predicted octanol–water partition coefficient (Wildman–Crippen LogP) is 0.610. The molecule has 0 aromatic rings. The molecule has 1 amide bonds. The van der Waals surface area contributed by atoms with Crippen LogP contribution in [0.4, 0.5) is 0 Å². The normalized spacial score (nSPS) is 15.3. The van der Waals surface area contributed by atoms with E-state index in [0.29, 0.717) is 5.33 Å². The van der Waals surface area contributed by atoms with Gasteiger partial charge in [-0.25, -0.2) is 0 Å². The van der Waals surface area contributed by atoms with Crippen LogP contribution in [0.5, 0.6) is 0 Å². The summed E-state index contributed by atoms with van der Waals surface area (Å²) in [7, 11) is 0. The van der Waals surface area contributed by atoms with E-state index in [9.17, 15) is 4.79 Å². The molecule has 2 unspecified atom stereocenters. The first-order valence-electron chi connectivity index (χ1n) is 3.64. The Labute approximate surface area is 85.4 Å². The molecule has 2 N–H and O–H groups in total. The van der Waals surface area contributed by atoms with E-state index in [1.165, 1.54) is 0 Å². The molecule has 0 aliphatic heterocycles. The Kier molecular flexibility index (Phi) is 6.89. The molecule has 12 heavy (non-hydrogen) atoms. The Morgan fingerprint density at radius 2 is 2.33 bits per heavy atom. The highest BCUT2D eigenvalue weighted by Crippen LogP contribution is 2.09. The summed E-state index contributed by atoms with van der Waals surface area (Å²) in [6, 6.07) is 0.00931. The molecule has 0 aromatic carbocycles. The number of carbonyl (C=O) groups is 1. The summed E-state index contributed by atoms with van der Waals surface area (Å²) in [6.07, 6.45) is 1.91. The van der Waals surface area contributed by atoms with Crippen molar-refractivity contribution in [2.75, 3.05) is 18.2 Å². The van der Waals surface area contributed by atoms with E-state index in [-0.39, 0.29) is 23.8 Å². The molecule has 0 bridgehead atoms. The molecule has 0 fully saturated rings. The van der Waals surface area contributed by atoms with Crippen molar-refractivity contribution in [1.82, 2.24) is 5.32 Å². The van der Waals surface area contributed by atoms with E-state index in [4.69, 9.17) is 5.11 Å². The average Bonchev–Trinajstić information content (AvgIpc) is 2.06. The van der Waals surface area contributed by atoms with Gasteiger partial charge in [-0.05, 0) is 13.2 Å². The second-order valence-corrected chi connectivity index (χ2v) is 4.08. The number of amides is 1. The van der Waals surface area contributed by atoms with Gasteiger partial charge >= 0.3 is 0 Å². The molecule has 0 spiro atoms. The molecule has 0 heterocycles. The third-order valence-electron chi connectivity index (χ3n) is 1.55. The highest BCUT2D eigenvalue weighted by Gasteiger charge is 2.16. The highest BCUT2D eigenvalue weighted by atomic mass is 79.9. The molecular weight excluding hydrogens is 242 g/mol. The number of carbonyl (C=O) groups excluding carboxylic acids is 1. The lowest BCUT2D eigenvalue weighted by atomic mass is 10.2. The van der Waals surface area contributed by atoms with Crippen molar-refractivity contribution in [2.24, 2.45) is 0 Å². The first kappa shape index (κ1) is 12.3. The smallest absolute Gasteiger partial charge is 0.230 e. The van der Waals surface area contributed by atoms with Crippen LogP contribution in [0.2, 0.25) is 0 Å². The fraction of sp³-hybridized carbons (Fsp3) is 0.857. The molecule has 0 radical (unpaired) electrons. The van der Waals surface area contributed by atoms with Crippen LogP contribution in [0, 0.1) is 0 Å². The standard InChI is InChI=1S/C7H14BrNO2S/c1-5(6(4-10)12-2)9-7(11)3-8/h5-6,10H,3-4H2,1-2H3,(H,9,11). The van der Waals surface area contributed by atoms with Crippen LogP contribution in [0.1, 0.15) is 6.92 Å². The van der Waals surface area contributed by atoms with Crippen LogP contribution in [0.25, 0.3) is 0 Å². The van der Waals surface area contributed by atoms with Crippen LogP contribution >= 0.6 is 27.7 Å². The van der Waals surface area contributed by atoms with Gasteiger partial charge in [0.1, 0.15) is 0 Å². The molecule has 2 atom stereocenters. The van der Waals surface area contributed by atoms with E-state index in [1.807, 2.05) is 13.2 Å². The maximum absolute atomic E-state index is 10.9. The van der Waals surface area contributed by atoms with Gasteiger partial charge in [0.15, 0.2) is 0 Å². The van der Waals surface area contributed by atoms with Crippen LogP contribution in [-0.4, -0.2) is 40.5 Å². The largest absolute Gasteiger partial charge is 0.395 e. The summed E-state index contributed by atoms with van der Waals surface area (Å²) in [5, 5.41) is 12.0. The minimum Gasteiger partial charge on any atom is -0.395 e. The van der Waals surface area contributed by atoms with E-state index in [2.05, 4.69) is 21.2 Å². The van der Waals surface area contributed by atoms with Crippen molar-refractivity contribution in [3.8, 4) is 0 Å². The second-order valence-electron chi connectivity index (χ2n) is 2.45. The number of rotatable bonds is 5. The van der Waals surface area contributed by atoms with E-state index in [1.54, 1.807) is 11.8 Å². The molecule has 5 heteroatoms. The topological polar surface area (TPSA) is 49.3 Å². The average molecular weight is 256 g/mol. The van der Waals surface area contributed by atoms with Gasteiger partial charge in [-0.2, -0.15) is 11.8 Å². The van der Waals surface area contributed by atoms with Crippen LogP contribution in [0.3, 0.4) is 0 Å². The summed E-state index contributed by atoms with van der Waals surface area (Å²) >= 11 is 4.61. The Hall–Kier alpha value is 0.260. The molecule has 0 aromatic heterocycles. The van der Waals surface area contributed by atoms with Gasteiger partial charge in [0.05, 0.1) is 11.9 Å². The van der Waals surface area contributed by atoms with E-state index in [0.717, 1.165) is 0 Å². The number of hydrogen-bond donors (Lipinski definition) is 2. The lowest BCUT2D eigenvalue weighted by Gasteiger charge is -2.20. The van der Waals surface area contributed by atoms with Crippen molar-refractivity contribution < 1.29 is 9.90 Å². The van der Waals surface area contributed by atoms with E-state index >= 15 is 0 Å². The zero-order chi connectivity index (χ0) is 9.56. The van der Waals surface area contributed by atoms with Gasteiger partial charge in [-0.15, -0.1) is 0 Å². The van der Waals surface area contributed by atoms with Gasteiger partial charge in [-0.1, -0.05) is 15.9 Å². The minimum absolute atomic E-state index is 0.00931. The highest BCUT2D eigenvalue weighted by molar-refractivity contribution is 9.09. The Balaban J connectivity index is 3.83. The summed E-state index contributed by atoms with van der Waals surface area (Å²) in [6.45, 7) is 1.98. The van der Waals surface area contributed by atoms with Gasteiger partial charge in [0.2, 0.25) is 5.91 Å². The Bertz CT molecular complexity index is 141. The third-order valence-corrected chi connectivity index (χ3v) is 3.22. The Morgan fingerprint density at radius 3 is 2.67 bits per heavy atom. The number of aliphatic hydroxyl groups excluding tert-OH is 1. The third kappa shape index (κ3) is 4.33. The van der Waals surface area contributed by atoms with Crippen molar-refractivity contribution in [3.63, 3.8) is 0 Å². The zero-order valence-electron chi connectivity index (χ0n) is 7.21. The molecular formula is C7H14BrNO2S. The molecule has 0 rings (SSSR count). The second kappa shape index (κ2) is 6.74. The van der Waals surface area contributed by atoms with Gasteiger partial charge in [0, 0.05) is 11.3 Å². The predicted molar refractivity (Wildman–Crippen MR) is 55.8 cm³/mol. The lowest BCUT2D eigenvalue weighted by Crippen LogP contribution is -2.41. The van der Waals surface area contributed by atoms with Crippen molar-refractivity contribution in [3.05, 3.63) is 0 Å². The summed E-state index contributed by atoms with van der Waals surface area (Å²) in [4.78, 5) is 10.9. The van der Waals surface area contributed by atoms with E-state index < -0.39 is 0 Å². The first-order chi connectivity index (χ1) is 5.65. The maximum atomic E-state index is 10.9. The van der Waals surface area contributed by atoms with Crippen molar-refractivity contribution in [1.29, 1.82) is 0 Å². The molecule has 0 saturated heterocycles. The fourth-order valence-corrected chi connectivity index (χ4v) is 1.61. The summed E-state index contributed by atoms with van der Waals surface area (Å²) in [5.74, 6) is -0.0463. The molecule has 3 nitrogen and oxygen atoms in total. The van der Waals surface area contributed by atoms with Gasteiger partial charge < -0.3 is 10.4 Å². The summed E-state index contributed by atoms with van der Waals surface area (Å²) < 4.78 is 0. The van der Waals surface area contributed by atoms with Crippen molar-refractivity contribution >= 4 is 33.6 Å². The van der Waals surface area contributed by atoms with Crippen LogP contribution < -0.4 is 5.32 Å². The van der Waals surface area contributed by atoms with Crippen molar-refractivity contribution in [2.45, 2.75) is 18.2 Å². The number of halogens is 1. The van der Waals surface area contributed by atoms with Crippen LogP contribution in [-0.2, 0) is 4.79 Å². The number of alkyl halides is 1. The molecule has 0 aliphatic carbocycles. The number of thioether (sulfide) groups is 1. The number of aliphatic hydroxyl groups is 1.